The van der Waals surface area contributed by atoms with Gasteiger partial charge in [-0.15, -0.1) is 0 Å². The lowest BCUT2D eigenvalue weighted by atomic mass is 9.85. The van der Waals surface area contributed by atoms with E-state index < -0.39 is 0 Å². The first kappa shape index (κ1) is 13.0. The topological polar surface area (TPSA) is 80.9 Å². The third-order valence-electron chi connectivity index (χ3n) is 3.82. The van der Waals surface area contributed by atoms with Crippen molar-refractivity contribution in [2.24, 2.45) is 11.7 Å². The first-order valence-electron chi connectivity index (χ1n) is 6.99. The van der Waals surface area contributed by atoms with Crippen molar-refractivity contribution >= 4 is 22.6 Å². The number of nitrogens with one attached hydrogen (secondary N) is 1. The van der Waals surface area contributed by atoms with Gasteiger partial charge in [0.2, 0.25) is 5.91 Å². The first-order chi connectivity index (χ1) is 9.72. The fraction of sp³-hybridized carbons (Fsp3) is 0.400. The quantitative estimate of drug-likeness (QED) is 0.875. The summed E-state index contributed by atoms with van der Waals surface area (Å²) in [6.45, 7) is 0. The molecule has 1 heterocycles. The van der Waals surface area contributed by atoms with Crippen LogP contribution in [-0.4, -0.2) is 21.9 Å². The van der Waals surface area contributed by atoms with Gasteiger partial charge in [-0.25, -0.2) is 0 Å². The van der Waals surface area contributed by atoms with Crippen LogP contribution in [0, 0.1) is 5.92 Å². The van der Waals surface area contributed by atoms with Gasteiger partial charge < -0.3 is 11.1 Å². The zero-order chi connectivity index (χ0) is 13.9. The number of benzene rings is 1. The molecule has 20 heavy (non-hydrogen) atoms. The summed E-state index contributed by atoms with van der Waals surface area (Å²) >= 11 is 0. The van der Waals surface area contributed by atoms with E-state index in [0.29, 0.717) is 0 Å². The second-order valence-corrected chi connectivity index (χ2v) is 5.37. The van der Waals surface area contributed by atoms with E-state index in [9.17, 15) is 4.79 Å². The molecule has 104 valence electrons. The monoisotopic (exact) mass is 270 g/mol. The fourth-order valence-corrected chi connectivity index (χ4v) is 2.75. The van der Waals surface area contributed by atoms with Crippen LogP contribution in [0.15, 0.2) is 30.6 Å². The Morgan fingerprint density at radius 2 is 2.00 bits per heavy atom. The van der Waals surface area contributed by atoms with E-state index in [-0.39, 0.29) is 17.9 Å². The number of aromatic nitrogens is 2. The lowest BCUT2D eigenvalue weighted by Crippen LogP contribution is -2.34. The van der Waals surface area contributed by atoms with Crippen LogP contribution in [0.3, 0.4) is 0 Å². The van der Waals surface area contributed by atoms with Crippen LogP contribution in [0.5, 0.6) is 0 Å². The molecule has 0 spiro atoms. The van der Waals surface area contributed by atoms with Crippen LogP contribution in [-0.2, 0) is 4.79 Å². The van der Waals surface area contributed by atoms with Crippen molar-refractivity contribution in [2.45, 2.75) is 31.7 Å². The van der Waals surface area contributed by atoms with E-state index in [1.807, 2.05) is 18.2 Å². The van der Waals surface area contributed by atoms with Gasteiger partial charge in [0, 0.05) is 30.0 Å². The molecule has 1 aliphatic rings. The molecule has 3 N–H and O–H groups in total. The van der Waals surface area contributed by atoms with Crippen molar-refractivity contribution in [2.75, 3.05) is 5.32 Å². The highest BCUT2D eigenvalue weighted by molar-refractivity contribution is 5.94. The molecule has 1 fully saturated rings. The molecule has 0 saturated heterocycles. The van der Waals surface area contributed by atoms with Gasteiger partial charge in [-0.2, -0.15) is 0 Å². The SMILES string of the molecule is NC1CCCC(C(=O)Nc2ccc3nccnc3c2)C1. The Kier molecular flexibility index (Phi) is 3.60. The number of carbonyl (C=O) groups excluding carboxylic acids is 1. The standard InChI is InChI=1S/C15H18N4O/c16-11-3-1-2-10(8-11)15(20)19-12-4-5-13-14(9-12)18-7-6-17-13/h4-7,9-11H,1-3,8,16H2,(H,19,20). The molecule has 3 rings (SSSR count). The van der Waals surface area contributed by atoms with Crippen LogP contribution < -0.4 is 11.1 Å². The van der Waals surface area contributed by atoms with Crippen molar-refractivity contribution < 1.29 is 4.79 Å². The second kappa shape index (κ2) is 5.54. The minimum atomic E-state index is 0.0244. The summed E-state index contributed by atoms with van der Waals surface area (Å²) < 4.78 is 0. The van der Waals surface area contributed by atoms with Crippen LogP contribution in [0.2, 0.25) is 0 Å². The van der Waals surface area contributed by atoms with E-state index in [2.05, 4.69) is 15.3 Å². The third kappa shape index (κ3) is 2.77. The molecule has 1 amide bonds. The number of nitrogens with zero attached hydrogens (tertiary/aromatic N) is 2. The van der Waals surface area contributed by atoms with Gasteiger partial charge in [-0.1, -0.05) is 6.42 Å². The van der Waals surface area contributed by atoms with Crippen LogP contribution in [0.1, 0.15) is 25.7 Å². The van der Waals surface area contributed by atoms with Gasteiger partial charge in [-0.3, -0.25) is 14.8 Å². The molecule has 1 saturated carbocycles. The molecule has 1 aromatic carbocycles. The van der Waals surface area contributed by atoms with Crippen molar-refractivity contribution in [1.82, 2.24) is 9.97 Å². The largest absolute Gasteiger partial charge is 0.328 e. The van der Waals surface area contributed by atoms with E-state index >= 15 is 0 Å². The Labute approximate surface area is 117 Å². The normalized spacial score (nSPS) is 22.6. The van der Waals surface area contributed by atoms with Gasteiger partial charge in [0.1, 0.15) is 0 Å². The zero-order valence-corrected chi connectivity index (χ0v) is 11.2. The third-order valence-corrected chi connectivity index (χ3v) is 3.82. The molecular weight excluding hydrogens is 252 g/mol. The molecule has 5 nitrogen and oxygen atoms in total. The molecular formula is C15H18N4O. The van der Waals surface area contributed by atoms with Gasteiger partial charge in [-0.05, 0) is 37.5 Å². The smallest absolute Gasteiger partial charge is 0.227 e. The Bertz CT molecular complexity index is 628. The Morgan fingerprint density at radius 1 is 1.20 bits per heavy atom. The maximum atomic E-state index is 12.2. The Hall–Kier alpha value is -2.01. The number of amides is 1. The molecule has 1 aromatic heterocycles. The van der Waals surface area contributed by atoms with Crippen molar-refractivity contribution in [3.63, 3.8) is 0 Å². The first-order valence-corrected chi connectivity index (χ1v) is 6.99. The van der Waals surface area contributed by atoms with Gasteiger partial charge in [0.05, 0.1) is 11.0 Å². The van der Waals surface area contributed by atoms with Crippen molar-refractivity contribution in [1.29, 1.82) is 0 Å². The van der Waals surface area contributed by atoms with E-state index in [0.717, 1.165) is 42.4 Å². The summed E-state index contributed by atoms with van der Waals surface area (Å²) in [6.07, 6.45) is 7.06. The molecule has 0 bridgehead atoms. The molecule has 0 radical (unpaired) electrons. The van der Waals surface area contributed by atoms with Gasteiger partial charge in [0.25, 0.3) is 0 Å². The summed E-state index contributed by atoms with van der Waals surface area (Å²) in [5, 5.41) is 2.96. The predicted molar refractivity (Wildman–Crippen MR) is 78.1 cm³/mol. The minimum absolute atomic E-state index is 0.0244. The van der Waals surface area contributed by atoms with Crippen molar-refractivity contribution in [3.05, 3.63) is 30.6 Å². The average molecular weight is 270 g/mol. The number of fused-ring (bicyclic) bond motifs is 1. The van der Waals surface area contributed by atoms with Crippen LogP contribution in [0.25, 0.3) is 11.0 Å². The van der Waals surface area contributed by atoms with Crippen molar-refractivity contribution in [3.8, 4) is 0 Å². The van der Waals surface area contributed by atoms with Gasteiger partial charge in [0.15, 0.2) is 0 Å². The lowest BCUT2D eigenvalue weighted by molar-refractivity contribution is -0.120. The highest BCUT2D eigenvalue weighted by atomic mass is 16.1. The summed E-state index contributed by atoms with van der Waals surface area (Å²) in [4.78, 5) is 20.7. The fourth-order valence-electron chi connectivity index (χ4n) is 2.75. The maximum Gasteiger partial charge on any atom is 0.227 e. The maximum absolute atomic E-state index is 12.2. The molecule has 1 aliphatic carbocycles. The van der Waals surface area contributed by atoms with E-state index in [4.69, 9.17) is 5.73 Å². The Balaban J connectivity index is 1.73. The molecule has 5 heteroatoms. The number of nitrogens with two attached hydrogens (primary N) is 1. The summed E-state index contributed by atoms with van der Waals surface area (Å²) in [5.74, 6) is 0.0831. The highest BCUT2D eigenvalue weighted by Gasteiger charge is 2.25. The summed E-state index contributed by atoms with van der Waals surface area (Å²) in [6, 6.07) is 5.73. The van der Waals surface area contributed by atoms with E-state index in [1.54, 1.807) is 12.4 Å². The number of hydrogen-bond acceptors (Lipinski definition) is 4. The van der Waals surface area contributed by atoms with Gasteiger partial charge >= 0.3 is 0 Å². The second-order valence-electron chi connectivity index (χ2n) is 5.37. The molecule has 2 unspecified atom stereocenters. The number of hydrogen-bond donors (Lipinski definition) is 2. The average Bonchev–Trinajstić information content (AvgIpc) is 2.47. The molecule has 2 aromatic rings. The number of carbonyl (C=O) groups is 1. The van der Waals surface area contributed by atoms with Crippen LogP contribution >= 0.6 is 0 Å². The number of anilines is 1. The Morgan fingerprint density at radius 3 is 2.80 bits per heavy atom. The van der Waals surface area contributed by atoms with Crippen LogP contribution in [0.4, 0.5) is 5.69 Å². The summed E-state index contributed by atoms with van der Waals surface area (Å²) in [5.41, 5.74) is 8.31. The molecule has 2 atom stereocenters. The predicted octanol–water partition coefficient (Wildman–Crippen LogP) is 2.09. The minimum Gasteiger partial charge on any atom is -0.328 e. The zero-order valence-electron chi connectivity index (χ0n) is 11.2. The lowest BCUT2D eigenvalue weighted by Gasteiger charge is -2.25. The highest BCUT2D eigenvalue weighted by Crippen LogP contribution is 2.25. The van der Waals surface area contributed by atoms with E-state index in [1.165, 1.54) is 0 Å². The number of rotatable bonds is 2. The molecule has 0 aliphatic heterocycles. The summed E-state index contributed by atoms with van der Waals surface area (Å²) in [7, 11) is 0.